The fourth-order valence-electron chi connectivity index (χ4n) is 2.43. The second kappa shape index (κ2) is 8.33. The number of ether oxygens (including phenoxy) is 1. The third kappa shape index (κ3) is 4.72. The number of carbonyl (C=O) groups is 1. The number of carbonyl (C=O) groups excluding carboxylic acids is 1. The number of nitrogens with zero attached hydrogens (tertiary/aromatic N) is 2. The van der Waals surface area contributed by atoms with Gasteiger partial charge in [-0.2, -0.15) is 0 Å². The first-order chi connectivity index (χ1) is 13.0. The topological polar surface area (TPSA) is 64.1 Å². The maximum absolute atomic E-state index is 12.3. The van der Waals surface area contributed by atoms with Crippen LogP contribution in [0.25, 0.3) is 11.1 Å². The van der Waals surface area contributed by atoms with Gasteiger partial charge in [-0.15, -0.1) is 10.2 Å². The lowest BCUT2D eigenvalue weighted by Gasteiger charge is -2.05. The molecule has 1 aromatic heterocycles. The molecule has 0 aliphatic heterocycles. The molecular formula is C20H18ClN3O2S. The van der Waals surface area contributed by atoms with E-state index < -0.39 is 0 Å². The van der Waals surface area contributed by atoms with E-state index in [9.17, 15) is 4.79 Å². The first kappa shape index (κ1) is 19.1. The highest BCUT2D eigenvalue weighted by Gasteiger charge is 2.15. The Hall–Kier alpha value is -2.70. The monoisotopic (exact) mass is 399 g/mol. The minimum atomic E-state index is -0.313. The molecule has 0 radical (unpaired) electrons. The molecule has 0 atom stereocenters. The van der Waals surface area contributed by atoms with Crippen molar-refractivity contribution in [3.63, 3.8) is 0 Å². The zero-order valence-corrected chi connectivity index (χ0v) is 16.7. The van der Waals surface area contributed by atoms with Crippen LogP contribution in [0.15, 0.2) is 42.5 Å². The van der Waals surface area contributed by atoms with Gasteiger partial charge in [0.1, 0.15) is 5.75 Å². The van der Waals surface area contributed by atoms with Gasteiger partial charge in [0.05, 0.1) is 12.1 Å². The van der Waals surface area contributed by atoms with Gasteiger partial charge in [-0.1, -0.05) is 46.7 Å². The lowest BCUT2D eigenvalue weighted by Crippen LogP contribution is -2.11. The van der Waals surface area contributed by atoms with E-state index in [1.165, 1.54) is 0 Å². The summed E-state index contributed by atoms with van der Waals surface area (Å²) in [6.45, 7) is 3.95. The van der Waals surface area contributed by atoms with Crippen LogP contribution in [0, 0.1) is 13.8 Å². The van der Waals surface area contributed by atoms with Crippen molar-refractivity contribution < 1.29 is 9.53 Å². The molecule has 0 aliphatic rings. The number of hydrogen-bond donors (Lipinski definition) is 1. The molecule has 27 heavy (non-hydrogen) atoms. The lowest BCUT2D eigenvalue weighted by atomic mass is 10.1. The van der Waals surface area contributed by atoms with Crippen LogP contribution in [0.1, 0.15) is 31.5 Å². The molecule has 0 unspecified atom stereocenters. The number of halogens is 1. The zero-order valence-electron chi connectivity index (χ0n) is 15.1. The molecule has 0 saturated heterocycles. The summed E-state index contributed by atoms with van der Waals surface area (Å²) in [6, 6.07) is 13.3. The summed E-state index contributed by atoms with van der Waals surface area (Å²) in [5.74, 6) is 0.501. The molecule has 0 bridgehead atoms. The van der Waals surface area contributed by atoms with E-state index >= 15 is 0 Å². The summed E-state index contributed by atoms with van der Waals surface area (Å²) < 4.78 is 5.26. The van der Waals surface area contributed by atoms with Gasteiger partial charge < -0.3 is 10.1 Å². The minimum Gasteiger partial charge on any atom is -0.496 e. The molecule has 1 amide bonds. The van der Waals surface area contributed by atoms with Gasteiger partial charge in [0, 0.05) is 5.69 Å². The molecule has 1 N–H and O–H groups in total. The molecule has 3 aromatic rings. The van der Waals surface area contributed by atoms with Gasteiger partial charge in [0.2, 0.25) is 5.01 Å². The van der Waals surface area contributed by atoms with Gasteiger partial charge in [-0.05, 0) is 55.3 Å². The average Bonchev–Trinajstić information content (AvgIpc) is 3.14. The number of benzene rings is 2. The fraction of sp³-hybridized carbons (Fsp3) is 0.150. The number of rotatable bonds is 5. The van der Waals surface area contributed by atoms with Gasteiger partial charge in [0.25, 0.3) is 5.91 Å². The Kier molecular flexibility index (Phi) is 5.88. The van der Waals surface area contributed by atoms with Crippen LogP contribution in [0.5, 0.6) is 5.75 Å². The first-order valence-corrected chi connectivity index (χ1v) is 9.39. The SMILES string of the molecule is COc1ccc(/C=C(\Cl)c2nnc(C(=O)Nc3ccc(C)cc3)s2)cc1C. The number of anilines is 1. The molecule has 2 aromatic carbocycles. The first-order valence-electron chi connectivity index (χ1n) is 8.20. The summed E-state index contributed by atoms with van der Waals surface area (Å²) in [5, 5.41) is 11.9. The second-order valence-corrected chi connectivity index (χ2v) is 7.34. The van der Waals surface area contributed by atoms with Crippen molar-refractivity contribution in [3.05, 3.63) is 69.2 Å². The second-order valence-electron chi connectivity index (χ2n) is 5.95. The summed E-state index contributed by atoms with van der Waals surface area (Å²) in [5.41, 5.74) is 3.75. The van der Waals surface area contributed by atoms with E-state index in [2.05, 4.69) is 15.5 Å². The van der Waals surface area contributed by atoms with E-state index in [0.717, 1.165) is 33.8 Å². The van der Waals surface area contributed by atoms with E-state index in [4.69, 9.17) is 16.3 Å². The highest BCUT2D eigenvalue weighted by Crippen LogP contribution is 2.27. The van der Waals surface area contributed by atoms with Crippen LogP contribution in [0.3, 0.4) is 0 Å². The Morgan fingerprint density at radius 1 is 1.11 bits per heavy atom. The predicted molar refractivity (Wildman–Crippen MR) is 110 cm³/mol. The maximum Gasteiger partial charge on any atom is 0.286 e. The Morgan fingerprint density at radius 3 is 2.48 bits per heavy atom. The van der Waals surface area contributed by atoms with Crippen LogP contribution in [-0.2, 0) is 0 Å². The molecule has 3 rings (SSSR count). The Labute approximate surface area is 166 Å². The van der Waals surface area contributed by atoms with E-state index in [1.54, 1.807) is 13.2 Å². The minimum absolute atomic E-state index is 0.253. The molecule has 0 aliphatic carbocycles. The lowest BCUT2D eigenvalue weighted by molar-refractivity contribution is 0.102. The number of methoxy groups -OCH3 is 1. The molecule has 5 nitrogen and oxygen atoms in total. The molecule has 0 spiro atoms. The van der Waals surface area contributed by atoms with Crippen LogP contribution in [0.2, 0.25) is 0 Å². The smallest absolute Gasteiger partial charge is 0.286 e. The number of aromatic nitrogens is 2. The molecule has 0 fully saturated rings. The van der Waals surface area contributed by atoms with Crippen molar-refractivity contribution in [1.29, 1.82) is 0 Å². The molecular weight excluding hydrogens is 382 g/mol. The summed E-state index contributed by atoms with van der Waals surface area (Å²) >= 11 is 7.51. The Morgan fingerprint density at radius 2 is 1.81 bits per heavy atom. The largest absolute Gasteiger partial charge is 0.496 e. The van der Waals surface area contributed by atoms with Crippen molar-refractivity contribution in [2.24, 2.45) is 0 Å². The highest BCUT2D eigenvalue weighted by atomic mass is 35.5. The number of hydrogen-bond acceptors (Lipinski definition) is 5. The van der Waals surface area contributed by atoms with Crippen molar-refractivity contribution in [2.75, 3.05) is 12.4 Å². The van der Waals surface area contributed by atoms with Crippen molar-refractivity contribution in [1.82, 2.24) is 10.2 Å². The average molecular weight is 400 g/mol. The third-order valence-electron chi connectivity index (χ3n) is 3.85. The third-order valence-corrected chi connectivity index (χ3v) is 5.20. The molecule has 1 heterocycles. The number of amides is 1. The van der Waals surface area contributed by atoms with Crippen LogP contribution < -0.4 is 10.1 Å². The standard InChI is InChI=1S/C20H18ClN3O2S/c1-12-4-7-15(8-5-12)22-18(25)20-24-23-19(27-20)16(21)11-14-6-9-17(26-3)13(2)10-14/h4-11H,1-3H3,(H,22,25)/b16-11-. The van der Waals surface area contributed by atoms with Gasteiger partial charge in [-0.3, -0.25) is 4.79 Å². The van der Waals surface area contributed by atoms with Crippen LogP contribution in [0.4, 0.5) is 5.69 Å². The van der Waals surface area contributed by atoms with Crippen molar-refractivity contribution in [3.8, 4) is 5.75 Å². The van der Waals surface area contributed by atoms with E-state index in [0.29, 0.717) is 15.7 Å². The normalized spacial score (nSPS) is 11.3. The van der Waals surface area contributed by atoms with E-state index in [-0.39, 0.29) is 10.9 Å². The summed E-state index contributed by atoms with van der Waals surface area (Å²) in [7, 11) is 1.63. The van der Waals surface area contributed by atoms with Crippen LogP contribution in [-0.4, -0.2) is 23.2 Å². The highest BCUT2D eigenvalue weighted by molar-refractivity contribution is 7.15. The number of aryl methyl sites for hydroxylation is 2. The predicted octanol–water partition coefficient (Wildman–Crippen LogP) is 5.15. The Bertz CT molecular complexity index is 997. The van der Waals surface area contributed by atoms with Crippen molar-refractivity contribution in [2.45, 2.75) is 13.8 Å². The Balaban J connectivity index is 1.75. The molecule has 0 saturated carbocycles. The summed E-state index contributed by atoms with van der Waals surface area (Å²) in [4.78, 5) is 12.3. The maximum atomic E-state index is 12.3. The zero-order chi connectivity index (χ0) is 19.4. The summed E-state index contributed by atoms with van der Waals surface area (Å²) in [6.07, 6.45) is 1.79. The van der Waals surface area contributed by atoms with E-state index in [1.807, 2.05) is 56.3 Å². The van der Waals surface area contributed by atoms with Crippen LogP contribution >= 0.6 is 22.9 Å². The van der Waals surface area contributed by atoms with Gasteiger partial charge in [0.15, 0.2) is 5.01 Å². The van der Waals surface area contributed by atoms with Gasteiger partial charge in [-0.25, -0.2) is 0 Å². The van der Waals surface area contributed by atoms with Crippen molar-refractivity contribution >= 4 is 45.6 Å². The fourth-order valence-corrected chi connectivity index (χ4v) is 3.36. The quantitative estimate of drug-likeness (QED) is 0.644. The van der Waals surface area contributed by atoms with Gasteiger partial charge >= 0.3 is 0 Å². The number of nitrogens with one attached hydrogen (secondary N) is 1. The molecule has 138 valence electrons. The molecule has 7 heteroatoms.